The number of benzene rings is 1. The molecule has 0 saturated heterocycles. The highest BCUT2D eigenvalue weighted by atomic mass is 16.6. The third kappa shape index (κ3) is 3.58. The Balaban J connectivity index is 1.51. The first-order chi connectivity index (χ1) is 13.9. The van der Waals surface area contributed by atoms with Crippen LogP contribution in [0.3, 0.4) is 0 Å². The number of carbonyl (C=O) groups excluding carboxylic acids is 2. The van der Waals surface area contributed by atoms with Crippen LogP contribution < -0.4 is 20.5 Å². The Morgan fingerprint density at radius 3 is 2.83 bits per heavy atom. The van der Waals surface area contributed by atoms with E-state index in [4.69, 9.17) is 15.2 Å². The maximum atomic E-state index is 12.6. The van der Waals surface area contributed by atoms with Crippen LogP contribution in [-0.4, -0.2) is 47.4 Å². The number of amides is 2. The number of pyridine rings is 1. The van der Waals surface area contributed by atoms with Crippen molar-refractivity contribution in [2.24, 2.45) is 10.7 Å². The lowest BCUT2D eigenvalue weighted by Gasteiger charge is -2.33. The van der Waals surface area contributed by atoms with Gasteiger partial charge in [-0.1, -0.05) is 12.1 Å². The van der Waals surface area contributed by atoms with Crippen molar-refractivity contribution in [1.82, 2.24) is 9.88 Å². The number of hydrogen-bond acceptors (Lipinski definition) is 7. The largest absolute Gasteiger partial charge is 0.485 e. The number of fused-ring (bicyclic) bond motifs is 1. The molecule has 0 bridgehead atoms. The van der Waals surface area contributed by atoms with Gasteiger partial charge in [0.15, 0.2) is 17.5 Å². The number of rotatable bonds is 3. The number of guanidine groups is 1. The van der Waals surface area contributed by atoms with Crippen LogP contribution in [0, 0.1) is 0 Å². The Hall–Kier alpha value is -3.62. The zero-order chi connectivity index (χ0) is 20.6. The molecule has 150 valence electrons. The number of nitrogens with two attached hydrogens (primary N) is 1. The van der Waals surface area contributed by atoms with Crippen LogP contribution in [0.1, 0.15) is 19.0 Å². The molecule has 1 aromatic carbocycles. The molecule has 3 heterocycles. The Kier molecular flexibility index (Phi) is 4.57. The van der Waals surface area contributed by atoms with Crippen LogP contribution in [0.4, 0.5) is 5.69 Å². The van der Waals surface area contributed by atoms with Gasteiger partial charge in [-0.3, -0.25) is 19.5 Å². The third-order valence-corrected chi connectivity index (χ3v) is 4.95. The predicted molar refractivity (Wildman–Crippen MR) is 106 cm³/mol. The molecule has 0 saturated carbocycles. The molecule has 9 heteroatoms. The van der Waals surface area contributed by atoms with Crippen LogP contribution in [0.15, 0.2) is 47.6 Å². The highest BCUT2D eigenvalue weighted by molar-refractivity contribution is 5.99. The minimum atomic E-state index is -0.905. The summed E-state index contributed by atoms with van der Waals surface area (Å²) in [5.41, 5.74) is 6.01. The van der Waals surface area contributed by atoms with Gasteiger partial charge in [0.1, 0.15) is 12.1 Å². The molecule has 2 aliphatic heterocycles. The molecular weight excluding hydrogens is 374 g/mol. The summed E-state index contributed by atoms with van der Waals surface area (Å²) in [6.45, 7) is 1.90. The van der Waals surface area contributed by atoms with Crippen molar-refractivity contribution in [1.29, 1.82) is 0 Å². The summed E-state index contributed by atoms with van der Waals surface area (Å²) in [4.78, 5) is 34.9. The summed E-state index contributed by atoms with van der Waals surface area (Å²) in [7, 11) is 1.58. The molecule has 0 fully saturated rings. The van der Waals surface area contributed by atoms with Gasteiger partial charge in [0.25, 0.3) is 5.91 Å². The van der Waals surface area contributed by atoms with E-state index in [2.05, 4.69) is 15.3 Å². The third-order valence-electron chi connectivity index (χ3n) is 4.95. The van der Waals surface area contributed by atoms with Crippen LogP contribution in [0.25, 0.3) is 0 Å². The van der Waals surface area contributed by atoms with Gasteiger partial charge in [0, 0.05) is 18.9 Å². The van der Waals surface area contributed by atoms with E-state index in [-0.39, 0.29) is 30.8 Å². The Labute approximate surface area is 167 Å². The first kappa shape index (κ1) is 18.7. The summed E-state index contributed by atoms with van der Waals surface area (Å²) in [5, 5.41) is 2.81. The average Bonchev–Trinajstić information content (AvgIpc) is 2.72. The first-order valence-electron chi connectivity index (χ1n) is 9.13. The number of nitrogens with one attached hydrogen (secondary N) is 1. The van der Waals surface area contributed by atoms with Crippen molar-refractivity contribution >= 4 is 23.5 Å². The zero-order valence-electron chi connectivity index (χ0n) is 16.1. The normalized spacial score (nSPS) is 23.4. The zero-order valence-corrected chi connectivity index (χ0v) is 16.1. The fourth-order valence-electron chi connectivity index (χ4n) is 3.23. The quantitative estimate of drug-likeness (QED) is 0.807. The fraction of sp³-hybridized carbons (Fsp3) is 0.300. The summed E-state index contributed by atoms with van der Waals surface area (Å²) >= 11 is 0. The SMILES string of the molecule is CN1C(=O)CC(C)(c2cc(NC(=O)C3COc4ccccc4O3)ccn2)N=C1N. The van der Waals surface area contributed by atoms with Gasteiger partial charge in [-0.2, -0.15) is 0 Å². The van der Waals surface area contributed by atoms with Gasteiger partial charge in [-0.25, -0.2) is 4.99 Å². The molecule has 2 amide bonds. The maximum Gasteiger partial charge on any atom is 0.269 e. The summed E-state index contributed by atoms with van der Waals surface area (Å²) in [6.07, 6.45) is 0.902. The lowest BCUT2D eigenvalue weighted by molar-refractivity contribution is -0.128. The monoisotopic (exact) mass is 395 g/mol. The topological polar surface area (TPSA) is 119 Å². The standard InChI is InChI=1S/C20H21N5O4/c1-20(10-17(26)25(2)19(21)24-20)16-9-12(7-8-22-16)23-18(27)15-11-28-13-5-3-4-6-14(13)29-15/h3-9,15H,10-11H2,1-2H3,(H2,21,24)(H,22,23,27). The summed E-state index contributed by atoms with van der Waals surface area (Å²) in [5.74, 6) is 0.771. The Morgan fingerprint density at radius 1 is 1.31 bits per heavy atom. The molecule has 2 aromatic rings. The summed E-state index contributed by atoms with van der Waals surface area (Å²) < 4.78 is 11.3. The maximum absolute atomic E-state index is 12.6. The van der Waals surface area contributed by atoms with Crippen molar-refractivity contribution in [3.63, 3.8) is 0 Å². The van der Waals surface area contributed by atoms with Crippen molar-refractivity contribution in [3.8, 4) is 11.5 Å². The number of hydrogen-bond donors (Lipinski definition) is 2. The number of nitrogens with zero attached hydrogens (tertiary/aromatic N) is 3. The van der Waals surface area contributed by atoms with Crippen molar-refractivity contribution < 1.29 is 19.1 Å². The van der Waals surface area contributed by atoms with Crippen LogP contribution in [0.2, 0.25) is 0 Å². The van der Waals surface area contributed by atoms with E-state index >= 15 is 0 Å². The smallest absolute Gasteiger partial charge is 0.269 e. The summed E-state index contributed by atoms with van der Waals surface area (Å²) in [6, 6.07) is 10.5. The van der Waals surface area contributed by atoms with E-state index in [1.54, 1.807) is 44.4 Å². The van der Waals surface area contributed by atoms with Crippen LogP contribution in [0.5, 0.6) is 11.5 Å². The van der Waals surface area contributed by atoms with E-state index in [1.807, 2.05) is 12.1 Å². The van der Waals surface area contributed by atoms with E-state index in [0.717, 1.165) is 0 Å². The lowest BCUT2D eigenvalue weighted by Crippen LogP contribution is -2.47. The number of aromatic nitrogens is 1. The highest BCUT2D eigenvalue weighted by Crippen LogP contribution is 2.33. The van der Waals surface area contributed by atoms with Gasteiger partial charge in [-0.15, -0.1) is 0 Å². The van der Waals surface area contributed by atoms with Crippen LogP contribution in [-0.2, 0) is 15.1 Å². The molecule has 2 aliphatic rings. The second-order valence-corrected chi connectivity index (χ2v) is 7.16. The Morgan fingerprint density at radius 2 is 2.07 bits per heavy atom. The van der Waals surface area contributed by atoms with Gasteiger partial charge in [0.05, 0.1) is 12.1 Å². The number of aliphatic imine (C=N–C) groups is 1. The van der Waals surface area contributed by atoms with E-state index in [0.29, 0.717) is 22.9 Å². The molecule has 0 radical (unpaired) electrons. The number of ether oxygens (including phenoxy) is 2. The molecule has 0 spiro atoms. The van der Waals surface area contributed by atoms with Crippen LogP contribution >= 0.6 is 0 Å². The average molecular weight is 395 g/mol. The first-order valence-corrected chi connectivity index (χ1v) is 9.13. The Bertz CT molecular complexity index is 1010. The molecule has 2 unspecified atom stereocenters. The second kappa shape index (κ2) is 7.08. The minimum absolute atomic E-state index is 0.111. The van der Waals surface area contributed by atoms with Gasteiger partial charge in [-0.05, 0) is 31.2 Å². The van der Waals surface area contributed by atoms with E-state index < -0.39 is 11.6 Å². The predicted octanol–water partition coefficient (Wildman–Crippen LogP) is 1.25. The van der Waals surface area contributed by atoms with Gasteiger partial charge < -0.3 is 20.5 Å². The molecule has 4 rings (SSSR count). The van der Waals surface area contributed by atoms with Crippen molar-refractivity contribution in [2.45, 2.75) is 25.0 Å². The molecule has 0 aliphatic carbocycles. The lowest BCUT2D eigenvalue weighted by atomic mass is 9.91. The molecule has 3 N–H and O–H groups in total. The van der Waals surface area contributed by atoms with Gasteiger partial charge >= 0.3 is 0 Å². The minimum Gasteiger partial charge on any atom is -0.485 e. The van der Waals surface area contributed by atoms with Crippen molar-refractivity contribution in [3.05, 3.63) is 48.3 Å². The molecule has 2 atom stereocenters. The highest BCUT2D eigenvalue weighted by Gasteiger charge is 2.37. The number of carbonyl (C=O) groups is 2. The molecule has 29 heavy (non-hydrogen) atoms. The van der Waals surface area contributed by atoms with E-state index in [9.17, 15) is 9.59 Å². The molecular formula is C20H21N5O4. The number of anilines is 1. The van der Waals surface area contributed by atoms with E-state index in [1.165, 1.54) is 4.90 Å². The molecule has 9 nitrogen and oxygen atoms in total. The second-order valence-electron chi connectivity index (χ2n) is 7.16. The van der Waals surface area contributed by atoms with Crippen molar-refractivity contribution in [2.75, 3.05) is 19.0 Å². The van der Waals surface area contributed by atoms with Gasteiger partial charge in [0.2, 0.25) is 12.0 Å². The fourth-order valence-corrected chi connectivity index (χ4v) is 3.23. The number of para-hydroxylation sites is 2. The molecule has 1 aromatic heterocycles.